The summed E-state index contributed by atoms with van der Waals surface area (Å²) in [5.41, 5.74) is 5.94. The lowest BCUT2D eigenvalue weighted by atomic mass is 9.98. The maximum Gasteiger partial charge on any atom is -0.00697 e. The first-order chi connectivity index (χ1) is 6.27. The van der Waals surface area contributed by atoms with Crippen molar-refractivity contribution in [2.24, 2.45) is 0 Å². The highest BCUT2D eigenvalue weighted by Gasteiger charge is 2.13. The van der Waals surface area contributed by atoms with Crippen LogP contribution in [0.3, 0.4) is 0 Å². The van der Waals surface area contributed by atoms with Gasteiger partial charge in [-0.15, -0.1) is 0 Å². The number of hydrogen-bond donors (Lipinski definition) is 0. The molecule has 0 fully saturated rings. The lowest BCUT2D eigenvalue weighted by Crippen LogP contribution is -1.93. The summed E-state index contributed by atoms with van der Waals surface area (Å²) in [7, 11) is 0. The van der Waals surface area contributed by atoms with Crippen molar-refractivity contribution in [3.05, 3.63) is 47.0 Å². The second-order valence-corrected chi connectivity index (χ2v) is 4.04. The quantitative estimate of drug-likeness (QED) is 0.600. The third-order valence-corrected chi connectivity index (χ3v) is 2.74. The van der Waals surface area contributed by atoms with Gasteiger partial charge in [0.05, 0.1) is 0 Å². The zero-order valence-electron chi connectivity index (χ0n) is 8.27. The molecule has 2 rings (SSSR count). The maximum atomic E-state index is 3.98. The van der Waals surface area contributed by atoms with Crippen LogP contribution in [0, 0.1) is 0 Å². The Hall–Kier alpha value is -1.04. The third-order valence-electron chi connectivity index (χ3n) is 2.74. The van der Waals surface area contributed by atoms with Gasteiger partial charge in [0.25, 0.3) is 0 Å². The van der Waals surface area contributed by atoms with Gasteiger partial charge in [-0.25, -0.2) is 0 Å². The highest BCUT2D eigenvalue weighted by molar-refractivity contribution is 5.40. The van der Waals surface area contributed by atoms with Crippen LogP contribution in [-0.2, 0) is 19.3 Å². The fraction of sp³-hybridized carbons (Fsp3) is 0.385. The molecule has 0 unspecified atom stereocenters. The summed E-state index contributed by atoms with van der Waals surface area (Å²) < 4.78 is 0. The Balaban J connectivity index is 2.36. The first-order valence-electron chi connectivity index (χ1n) is 5.01. The summed E-state index contributed by atoms with van der Waals surface area (Å²) in [5, 5.41) is 0. The Morgan fingerprint density at radius 2 is 2.23 bits per heavy atom. The van der Waals surface area contributed by atoms with Crippen LogP contribution >= 0.6 is 0 Å². The number of aryl methyl sites for hydroxylation is 1. The lowest BCUT2D eigenvalue weighted by Gasteiger charge is -2.07. The van der Waals surface area contributed by atoms with Gasteiger partial charge in [-0.05, 0) is 49.3 Å². The molecule has 0 aromatic heterocycles. The average Bonchev–Trinajstić information content (AvgIpc) is 2.51. The van der Waals surface area contributed by atoms with Crippen LogP contribution in [-0.4, -0.2) is 0 Å². The Morgan fingerprint density at radius 3 is 3.00 bits per heavy atom. The summed E-state index contributed by atoms with van der Waals surface area (Å²) in [6.07, 6.45) is 4.95. The summed E-state index contributed by atoms with van der Waals surface area (Å²) in [4.78, 5) is 0. The van der Waals surface area contributed by atoms with E-state index in [0.717, 1.165) is 6.42 Å². The van der Waals surface area contributed by atoms with Gasteiger partial charge in [0.2, 0.25) is 0 Å². The van der Waals surface area contributed by atoms with Crippen LogP contribution < -0.4 is 0 Å². The monoisotopic (exact) mass is 172 g/mol. The van der Waals surface area contributed by atoms with E-state index < -0.39 is 0 Å². The van der Waals surface area contributed by atoms with E-state index in [-0.39, 0.29) is 0 Å². The fourth-order valence-corrected chi connectivity index (χ4v) is 2.19. The molecule has 0 spiro atoms. The summed E-state index contributed by atoms with van der Waals surface area (Å²) in [5.74, 6) is 0. The van der Waals surface area contributed by atoms with Crippen LogP contribution in [0.25, 0.3) is 0 Å². The molecule has 0 heteroatoms. The summed E-state index contributed by atoms with van der Waals surface area (Å²) >= 11 is 0. The molecule has 0 N–H and O–H groups in total. The molecular weight excluding hydrogens is 156 g/mol. The number of allylic oxidation sites excluding steroid dienone is 1. The van der Waals surface area contributed by atoms with Crippen molar-refractivity contribution in [2.45, 2.75) is 32.6 Å². The van der Waals surface area contributed by atoms with Crippen LogP contribution in [0.2, 0.25) is 0 Å². The van der Waals surface area contributed by atoms with Crippen LogP contribution in [0.5, 0.6) is 0 Å². The predicted octanol–water partition coefficient (Wildman–Crippen LogP) is 3.29. The van der Waals surface area contributed by atoms with Crippen molar-refractivity contribution >= 4 is 0 Å². The normalized spacial score (nSPS) is 14.2. The second-order valence-electron chi connectivity index (χ2n) is 4.04. The van der Waals surface area contributed by atoms with Crippen molar-refractivity contribution in [3.8, 4) is 0 Å². The van der Waals surface area contributed by atoms with Crippen molar-refractivity contribution in [1.82, 2.24) is 0 Å². The van der Waals surface area contributed by atoms with E-state index in [2.05, 4.69) is 31.7 Å². The van der Waals surface area contributed by atoms with Gasteiger partial charge in [0.1, 0.15) is 0 Å². The highest BCUT2D eigenvalue weighted by atomic mass is 14.2. The van der Waals surface area contributed by atoms with E-state index >= 15 is 0 Å². The third kappa shape index (κ3) is 1.67. The smallest absolute Gasteiger partial charge is 0.00697 e. The number of rotatable bonds is 2. The van der Waals surface area contributed by atoms with Crippen molar-refractivity contribution < 1.29 is 0 Å². The maximum absolute atomic E-state index is 3.98. The van der Waals surface area contributed by atoms with E-state index in [0.29, 0.717) is 0 Å². The van der Waals surface area contributed by atoms with Crippen LogP contribution in [0.1, 0.15) is 30.0 Å². The minimum Gasteiger partial charge on any atom is -0.0998 e. The largest absolute Gasteiger partial charge is 0.0998 e. The number of benzene rings is 1. The molecule has 0 bridgehead atoms. The van der Waals surface area contributed by atoms with Gasteiger partial charge in [-0.3, -0.25) is 0 Å². The molecule has 1 aromatic rings. The molecule has 13 heavy (non-hydrogen) atoms. The van der Waals surface area contributed by atoms with Crippen LogP contribution in [0.15, 0.2) is 30.4 Å². The molecule has 1 aliphatic carbocycles. The Labute approximate surface area is 80.3 Å². The highest BCUT2D eigenvalue weighted by Crippen LogP contribution is 2.26. The minimum atomic E-state index is 1.06. The molecule has 0 radical (unpaired) electrons. The second kappa shape index (κ2) is 3.37. The van der Waals surface area contributed by atoms with E-state index in [1.165, 1.54) is 30.4 Å². The van der Waals surface area contributed by atoms with Crippen molar-refractivity contribution in [3.63, 3.8) is 0 Å². The topological polar surface area (TPSA) is 0 Å². The molecule has 1 aromatic carbocycles. The van der Waals surface area contributed by atoms with Gasteiger partial charge < -0.3 is 0 Å². The standard InChI is InChI=1S/C13H16/c1-10(2)9-12-7-3-5-11-6-4-8-13(11)12/h3,5,7H,1,4,6,8-9H2,2H3. The average molecular weight is 172 g/mol. The summed E-state index contributed by atoms with van der Waals surface area (Å²) in [6.45, 7) is 6.08. The Kier molecular flexibility index (Phi) is 2.22. The van der Waals surface area contributed by atoms with Gasteiger partial charge >= 0.3 is 0 Å². The van der Waals surface area contributed by atoms with Gasteiger partial charge in [-0.2, -0.15) is 0 Å². The SMILES string of the molecule is C=C(C)Cc1cccc2c1CCC2. The molecule has 0 atom stereocenters. The molecule has 0 aliphatic heterocycles. The fourth-order valence-electron chi connectivity index (χ4n) is 2.19. The molecule has 0 saturated heterocycles. The zero-order chi connectivity index (χ0) is 9.26. The molecule has 0 amide bonds. The van der Waals surface area contributed by atoms with E-state index in [9.17, 15) is 0 Å². The molecule has 68 valence electrons. The lowest BCUT2D eigenvalue weighted by molar-refractivity contribution is 0.906. The van der Waals surface area contributed by atoms with Crippen LogP contribution in [0.4, 0.5) is 0 Å². The van der Waals surface area contributed by atoms with Crippen molar-refractivity contribution in [1.29, 1.82) is 0 Å². The Bertz CT molecular complexity index is 334. The van der Waals surface area contributed by atoms with Gasteiger partial charge in [-0.1, -0.05) is 30.4 Å². The predicted molar refractivity (Wildman–Crippen MR) is 57.0 cm³/mol. The van der Waals surface area contributed by atoms with Crippen molar-refractivity contribution in [2.75, 3.05) is 0 Å². The molecule has 0 saturated carbocycles. The van der Waals surface area contributed by atoms with Gasteiger partial charge in [0.15, 0.2) is 0 Å². The minimum absolute atomic E-state index is 1.06. The number of fused-ring (bicyclic) bond motifs is 1. The molecule has 0 nitrogen and oxygen atoms in total. The summed E-state index contributed by atoms with van der Waals surface area (Å²) in [6, 6.07) is 6.70. The zero-order valence-corrected chi connectivity index (χ0v) is 8.27. The number of hydrogen-bond acceptors (Lipinski definition) is 0. The molecule has 0 heterocycles. The van der Waals surface area contributed by atoms with E-state index in [1.807, 2.05) is 0 Å². The Morgan fingerprint density at radius 1 is 1.38 bits per heavy atom. The first kappa shape index (κ1) is 8.55. The van der Waals surface area contributed by atoms with Gasteiger partial charge in [0, 0.05) is 0 Å². The molecular formula is C13H16. The molecule has 1 aliphatic rings. The van der Waals surface area contributed by atoms with E-state index in [1.54, 1.807) is 11.1 Å². The van der Waals surface area contributed by atoms with E-state index in [4.69, 9.17) is 0 Å². The first-order valence-corrected chi connectivity index (χ1v) is 5.01.